The summed E-state index contributed by atoms with van der Waals surface area (Å²) in [5, 5.41) is 10.8. The summed E-state index contributed by atoms with van der Waals surface area (Å²) in [7, 11) is 0. The number of ether oxygens (including phenoxy) is 2. The van der Waals surface area contributed by atoms with E-state index in [9.17, 15) is 28.5 Å². The normalized spacial score (nSPS) is 10.5. The van der Waals surface area contributed by atoms with E-state index in [0.29, 0.717) is 0 Å². The second kappa shape index (κ2) is 8.15. The van der Waals surface area contributed by atoms with Crippen molar-refractivity contribution < 1.29 is 32.8 Å². The molecule has 2 rings (SSSR count). The number of ketones is 1. The van der Waals surface area contributed by atoms with Crippen LogP contribution < -0.4 is 4.74 Å². The Morgan fingerprint density at radius 3 is 2.27 bits per heavy atom. The molecule has 0 fully saturated rings. The third-order valence-corrected chi connectivity index (χ3v) is 3.37. The van der Waals surface area contributed by atoms with Gasteiger partial charge in [-0.1, -0.05) is 0 Å². The van der Waals surface area contributed by atoms with Gasteiger partial charge in [0.05, 0.1) is 10.5 Å². The molecule has 2 aromatic rings. The number of halogens is 2. The monoisotopic (exact) mass is 365 g/mol. The number of esters is 1. The molecule has 2 aromatic carbocycles. The molecule has 0 saturated heterocycles. The fourth-order valence-corrected chi connectivity index (χ4v) is 2.11. The maximum atomic E-state index is 12.1. The van der Waals surface area contributed by atoms with E-state index >= 15 is 0 Å². The number of carbonyl (C=O) groups excluding carboxylic acids is 2. The molecule has 0 N–H and O–H groups in total. The quantitative estimate of drug-likeness (QED) is 0.322. The van der Waals surface area contributed by atoms with Crippen molar-refractivity contribution in [1.82, 2.24) is 0 Å². The van der Waals surface area contributed by atoms with Crippen LogP contribution in [0, 0.1) is 17.0 Å². The summed E-state index contributed by atoms with van der Waals surface area (Å²) in [6, 6.07) is 8.63. The molecule has 0 spiro atoms. The zero-order chi connectivity index (χ0) is 19.3. The predicted octanol–water partition coefficient (Wildman–Crippen LogP) is 3.54. The summed E-state index contributed by atoms with van der Waals surface area (Å²) >= 11 is 0. The lowest BCUT2D eigenvalue weighted by molar-refractivity contribution is -0.385. The first-order valence-electron chi connectivity index (χ1n) is 7.28. The van der Waals surface area contributed by atoms with Crippen LogP contribution in [0.1, 0.15) is 26.3 Å². The molecule has 0 atom stereocenters. The molecule has 0 heterocycles. The van der Waals surface area contributed by atoms with Crippen LogP contribution in [0.4, 0.5) is 14.5 Å². The fourth-order valence-electron chi connectivity index (χ4n) is 2.11. The molecule has 0 aliphatic rings. The molecule has 0 saturated carbocycles. The third kappa shape index (κ3) is 4.82. The van der Waals surface area contributed by atoms with Crippen LogP contribution in [0.15, 0.2) is 42.5 Å². The average Bonchev–Trinajstić information content (AvgIpc) is 2.59. The largest absolute Gasteiger partial charge is 0.454 e. The van der Waals surface area contributed by atoms with Gasteiger partial charge < -0.3 is 9.47 Å². The van der Waals surface area contributed by atoms with Crippen LogP contribution in [0.2, 0.25) is 0 Å². The van der Waals surface area contributed by atoms with Crippen molar-refractivity contribution in [2.75, 3.05) is 6.61 Å². The second-order valence-electron chi connectivity index (χ2n) is 5.16. The number of benzene rings is 2. The minimum atomic E-state index is -2.97. The van der Waals surface area contributed by atoms with Crippen LogP contribution in [-0.4, -0.2) is 29.9 Å². The Morgan fingerprint density at radius 1 is 1.12 bits per heavy atom. The van der Waals surface area contributed by atoms with E-state index in [4.69, 9.17) is 4.74 Å². The van der Waals surface area contributed by atoms with Gasteiger partial charge in [0.2, 0.25) is 0 Å². The Labute approximate surface area is 146 Å². The molecular formula is C17H13F2NO6. The van der Waals surface area contributed by atoms with Crippen molar-refractivity contribution in [3.8, 4) is 5.75 Å². The van der Waals surface area contributed by atoms with Gasteiger partial charge in [0, 0.05) is 17.2 Å². The highest BCUT2D eigenvalue weighted by atomic mass is 19.3. The number of nitro benzene ring substituents is 1. The first kappa shape index (κ1) is 19.0. The lowest BCUT2D eigenvalue weighted by atomic mass is 10.1. The molecule has 9 heteroatoms. The molecule has 0 aromatic heterocycles. The summed E-state index contributed by atoms with van der Waals surface area (Å²) in [5.74, 6) is -1.45. The Morgan fingerprint density at radius 2 is 1.73 bits per heavy atom. The maximum absolute atomic E-state index is 12.1. The van der Waals surface area contributed by atoms with Crippen LogP contribution in [-0.2, 0) is 4.74 Å². The number of Topliss-reactive ketones (excluding diaryl/α,β-unsaturated/α-hetero) is 1. The Kier molecular flexibility index (Phi) is 5.94. The van der Waals surface area contributed by atoms with Gasteiger partial charge >= 0.3 is 12.6 Å². The van der Waals surface area contributed by atoms with Crippen LogP contribution >= 0.6 is 0 Å². The summed E-state index contributed by atoms with van der Waals surface area (Å²) < 4.78 is 33.2. The smallest absolute Gasteiger partial charge is 0.387 e. The van der Waals surface area contributed by atoms with Gasteiger partial charge in [-0.15, -0.1) is 0 Å². The molecule has 136 valence electrons. The van der Waals surface area contributed by atoms with Gasteiger partial charge in [0.1, 0.15) is 5.75 Å². The van der Waals surface area contributed by atoms with Crippen molar-refractivity contribution in [1.29, 1.82) is 0 Å². The molecule has 0 bridgehead atoms. The van der Waals surface area contributed by atoms with Gasteiger partial charge in [0.15, 0.2) is 12.4 Å². The van der Waals surface area contributed by atoms with E-state index in [1.807, 2.05) is 0 Å². The highest BCUT2D eigenvalue weighted by Crippen LogP contribution is 2.19. The molecule has 0 radical (unpaired) electrons. The van der Waals surface area contributed by atoms with Gasteiger partial charge in [-0.25, -0.2) is 4.79 Å². The summed E-state index contributed by atoms with van der Waals surface area (Å²) in [6.45, 7) is -2.06. The van der Waals surface area contributed by atoms with E-state index < -0.39 is 29.9 Å². The number of rotatable bonds is 7. The fraction of sp³-hybridized carbons (Fsp3) is 0.176. The predicted molar refractivity (Wildman–Crippen MR) is 85.5 cm³/mol. The van der Waals surface area contributed by atoms with Crippen molar-refractivity contribution in [3.63, 3.8) is 0 Å². The van der Waals surface area contributed by atoms with E-state index in [1.165, 1.54) is 49.4 Å². The number of carbonyl (C=O) groups is 2. The molecule has 26 heavy (non-hydrogen) atoms. The lowest BCUT2D eigenvalue weighted by Crippen LogP contribution is -2.14. The van der Waals surface area contributed by atoms with Crippen molar-refractivity contribution in [2.24, 2.45) is 0 Å². The molecule has 0 unspecified atom stereocenters. The number of aryl methyl sites for hydroxylation is 1. The standard InChI is InChI=1S/C17H13F2NO6/c1-10-8-12(4-7-14(10)20(23)24)16(22)25-9-15(21)11-2-5-13(6-3-11)26-17(18)19/h2-8,17H,9H2,1H3. The van der Waals surface area contributed by atoms with Gasteiger partial charge in [-0.2, -0.15) is 8.78 Å². The first-order valence-corrected chi connectivity index (χ1v) is 7.28. The van der Waals surface area contributed by atoms with Crippen LogP contribution in [0.25, 0.3) is 0 Å². The summed E-state index contributed by atoms with van der Waals surface area (Å²) in [6.07, 6.45) is 0. The number of hydrogen-bond acceptors (Lipinski definition) is 6. The number of alkyl halides is 2. The maximum Gasteiger partial charge on any atom is 0.387 e. The minimum Gasteiger partial charge on any atom is -0.454 e. The second-order valence-corrected chi connectivity index (χ2v) is 5.16. The topological polar surface area (TPSA) is 95.7 Å². The Hall–Kier alpha value is -3.36. The first-order chi connectivity index (χ1) is 12.3. The Balaban J connectivity index is 1.97. The van der Waals surface area contributed by atoms with E-state index in [1.54, 1.807) is 0 Å². The SMILES string of the molecule is Cc1cc(C(=O)OCC(=O)c2ccc(OC(F)F)cc2)ccc1[N+](=O)[O-]. The van der Waals surface area contributed by atoms with Crippen molar-refractivity contribution in [3.05, 3.63) is 69.3 Å². The number of nitro groups is 1. The van der Waals surface area contributed by atoms with Crippen molar-refractivity contribution in [2.45, 2.75) is 13.5 Å². The van der Waals surface area contributed by atoms with Gasteiger partial charge in [0.25, 0.3) is 5.69 Å². The molecule has 7 nitrogen and oxygen atoms in total. The molecule has 0 aliphatic carbocycles. The summed E-state index contributed by atoms with van der Waals surface area (Å²) in [5.41, 5.74) is 0.370. The van der Waals surface area contributed by atoms with Crippen LogP contribution in [0.5, 0.6) is 5.75 Å². The Bertz CT molecular complexity index is 836. The minimum absolute atomic E-state index is 0.0709. The number of nitrogens with zero attached hydrogens (tertiary/aromatic N) is 1. The van der Waals surface area contributed by atoms with E-state index in [0.717, 1.165) is 0 Å². The van der Waals surface area contributed by atoms with E-state index in [-0.39, 0.29) is 28.1 Å². The highest BCUT2D eigenvalue weighted by Gasteiger charge is 2.16. The average molecular weight is 365 g/mol. The van der Waals surface area contributed by atoms with Crippen molar-refractivity contribution >= 4 is 17.4 Å². The summed E-state index contributed by atoms with van der Waals surface area (Å²) in [4.78, 5) is 34.1. The number of hydrogen-bond donors (Lipinski definition) is 0. The lowest BCUT2D eigenvalue weighted by Gasteiger charge is -2.07. The molecule has 0 aliphatic heterocycles. The zero-order valence-electron chi connectivity index (χ0n) is 13.5. The van der Waals surface area contributed by atoms with Gasteiger partial charge in [-0.3, -0.25) is 14.9 Å². The molecule has 0 amide bonds. The zero-order valence-corrected chi connectivity index (χ0v) is 13.5. The third-order valence-electron chi connectivity index (χ3n) is 3.37. The van der Waals surface area contributed by atoms with E-state index in [2.05, 4.69) is 4.74 Å². The van der Waals surface area contributed by atoms with Crippen LogP contribution in [0.3, 0.4) is 0 Å². The highest BCUT2D eigenvalue weighted by molar-refractivity contribution is 5.99. The van der Waals surface area contributed by atoms with Gasteiger partial charge in [-0.05, 0) is 43.3 Å². The molecular weight excluding hydrogens is 352 g/mol.